The maximum Gasteiger partial charge on any atom is 2.00 e. The molecule has 0 spiro atoms. The average molecular weight is 273 g/mol. The summed E-state index contributed by atoms with van der Waals surface area (Å²) in [4.78, 5) is 0. The summed E-state index contributed by atoms with van der Waals surface area (Å²) in [6.07, 6.45) is 0. The Labute approximate surface area is 98.6 Å². The molecule has 0 aromatic heterocycles. The first kappa shape index (κ1) is 11.2. The molecular weight excluding hydrogens is 263 g/mol. The molecule has 0 aliphatic heterocycles. The molecule has 0 amide bonds. The van der Waals surface area contributed by atoms with Gasteiger partial charge in [0.2, 0.25) is 0 Å². The quantitative estimate of drug-likeness (QED) is 0.552. The van der Waals surface area contributed by atoms with Crippen LogP contribution in [-0.2, 0) is 20.4 Å². The molecule has 72 valence electrons. The van der Waals surface area contributed by atoms with E-state index in [9.17, 15) is 0 Å². The first-order chi connectivity index (χ1) is 6.36. The molecule has 14 heavy (non-hydrogen) atoms. The van der Waals surface area contributed by atoms with E-state index in [2.05, 4.69) is 18.2 Å². The molecule has 1 heteroatoms. The summed E-state index contributed by atoms with van der Waals surface area (Å²) < 4.78 is 0. The molecule has 0 N–H and O–H groups in total. The van der Waals surface area contributed by atoms with Gasteiger partial charge >= 0.3 is 20.4 Å². The molecule has 2 rings (SSSR count). The number of hydrogen-bond donors (Lipinski definition) is 0. The Morgan fingerprint density at radius 2 is 1.71 bits per heavy atom. The van der Waals surface area contributed by atoms with Crippen LogP contribution in [0.5, 0.6) is 0 Å². The van der Waals surface area contributed by atoms with Gasteiger partial charge in [-0.05, 0) is 0 Å². The average Bonchev–Trinajstić information content (AvgIpc) is 2.19. The van der Waals surface area contributed by atoms with Crippen molar-refractivity contribution in [2.75, 3.05) is 0 Å². The Bertz CT molecular complexity index is 393. The second-order valence-electron chi connectivity index (χ2n) is 3.02. The van der Waals surface area contributed by atoms with Crippen molar-refractivity contribution in [3.8, 4) is 11.1 Å². The largest absolute Gasteiger partial charge is 2.00 e. The Kier molecular flexibility index (Phi) is 4.07. The topological polar surface area (TPSA) is 0 Å². The number of hydrogen-bond acceptors (Lipinski definition) is 0. The smallest absolute Gasteiger partial charge is 0.226 e. The van der Waals surface area contributed by atoms with E-state index in [1.54, 1.807) is 0 Å². The van der Waals surface area contributed by atoms with Gasteiger partial charge in [0.15, 0.2) is 0 Å². The Balaban J connectivity index is 0.000000980. The Morgan fingerprint density at radius 3 is 2.36 bits per heavy atom. The van der Waals surface area contributed by atoms with Gasteiger partial charge < -0.3 is 0 Å². The van der Waals surface area contributed by atoms with Crippen molar-refractivity contribution < 1.29 is 20.4 Å². The van der Waals surface area contributed by atoms with Crippen LogP contribution in [0.25, 0.3) is 11.1 Å². The molecule has 0 saturated heterocycles. The first-order valence-electron chi connectivity index (χ1n) is 4.32. The third-order valence-electron chi connectivity index (χ3n) is 1.94. The van der Waals surface area contributed by atoms with Gasteiger partial charge in [-0.3, -0.25) is 0 Å². The van der Waals surface area contributed by atoms with Crippen LogP contribution in [0.4, 0.5) is 0 Å². The van der Waals surface area contributed by atoms with Crippen molar-refractivity contribution in [3.05, 3.63) is 60.2 Å². The van der Waals surface area contributed by atoms with Gasteiger partial charge in [0.05, 0.1) is 0 Å². The molecular formula is C13H10Pd. The summed E-state index contributed by atoms with van der Waals surface area (Å²) in [5, 5.41) is 0. The van der Waals surface area contributed by atoms with E-state index >= 15 is 0 Å². The summed E-state index contributed by atoms with van der Waals surface area (Å²) in [7, 11) is 0. The van der Waals surface area contributed by atoms with Crippen molar-refractivity contribution >= 4 is 0 Å². The van der Waals surface area contributed by atoms with E-state index in [-0.39, 0.29) is 20.4 Å². The van der Waals surface area contributed by atoms with Crippen LogP contribution in [0.15, 0.2) is 42.5 Å². The van der Waals surface area contributed by atoms with Crippen LogP contribution in [-0.4, -0.2) is 0 Å². The first-order valence-corrected chi connectivity index (χ1v) is 4.32. The number of aryl methyl sites for hydroxylation is 1. The monoisotopic (exact) mass is 272 g/mol. The summed E-state index contributed by atoms with van der Waals surface area (Å²) in [5.41, 5.74) is 3.38. The Hall–Kier alpha value is -0.898. The third kappa shape index (κ3) is 2.54. The fourth-order valence-electron chi connectivity index (χ4n) is 1.30. The van der Waals surface area contributed by atoms with Crippen LogP contribution < -0.4 is 0 Å². The molecule has 0 radical (unpaired) electrons. The molecule has 2 aromatic rings. The normalized spacial score (nSPS) is 9.21. The zero-order chi connectivity index (χ0) is 9.10. The maximum atomic E-state index is 3.29. The summed E-state index contributed by atoms with van der Waals surface area (Å²) in [6.45, 7) is 2.05. The molecule has 0 bridgehead atoms. The zero-order valence-corrected chi connectivity index (χ0v) is 9.41. The van der Waals surface area contributed by atoms with Crippen molar-refractivity contribution in [1.29, 1.82) is 0 Å². The SMILES string of the molecule is Cc1[c-]c(-c2[c-]cccc2)ccc1.[Pd+2]. The summed E-state index contributed by atoms with van der Waals surface area (Å²) in [5.74, 6) is 0. The van der Waals surface area contributed by atoms with Gasteiger partial charge in [-0.2, -0.15) is 42.5 Å². The minimum atomic E-state index is 0. The van der Waals surface area contributed by atoms with Crippen LogP contribution in [0.3, 0.4) is 0 Å². The minimum Gasteiger partial charge on any atom is -0.226 e. The fraction of sp³-hybridized carbons (Fsp3) is 0.0769. The van der Waals surface area contributed by atoms with E-state index in [4.69, 9.17) is 0 Å². The van der Waals surface area contributed by atoms with Crippen LogP contribution >= 0.6 is 0 Å². The van der Waals surface area contributed by atoms with Crippen LogP contribution in [0.1, 0.15) is 5.56 Å². The number of benzene rings is 2. The van der Waals surface area contributed by atoms with Crippen LogP contribution in [0.2, 0.25) is 0 Å². The summed E-state index contributed by atoms with van der Waals surface area (Å²) >= 11 is 0. The molecule has 0 aliphatic carbocycles. The van der Waals surface area contributed by atoms with E-state index < -0.39 is 0 Å². The fourth-order valence-corrected chi connectivity index (χ4v) is 1.30. The second kappa shape index (κ2) is 5.10. The minimum absolute atomic E-state index is 0. The van der Waals surface area contributed by atoms with E-state index in [1.165, 1.54) is 0 Å². The Morgan fingerprint density at radius 1 is 0.929 bits per heavy atom. The van der Waals surface area contributed by atoms with Crippen molar-refractivity contribution in [3.63, 3.8) is 0 Å². The van der Waals surface area contributed by atoms with Gasteiger partial charge in [0, 0.05) is 0 Å². The van der Waals surface area contributed by atoms with Crippen molar-refractivity contribution in [2.24, 2.45) is 0 Å². The van der Waals surface area contributed by atoms with E-state index in [0.29, 0.717) is 0 Å². The van der Waals surface area contributed by atoms with Gasteiger partial charge in [0.1, 0.15) is 0 Å². The molecule has 0 fully saturated rings. The predicted octanol–water partition coefficient (Wildman–Crippen LogP) is 3.26. The van der Waals surface area contributed by atoms with Gasteiger partial charge in [-0.25, -0.2) is 11.1 Å². The zero-order valence-electron chi connectivity index (χ0n) is 7.86. The molecule has 0 atom stereocenters. The summed E-state index contributed by atoms with van der Waals surface area (Å²) in [6, 6.07) is 20.6. The van der Waals surface area contributed by atoms with Gasteiger partial charge in [-0.15, -0.1) is 17.7 Å². The van der Waals surface area contributed by atoms with Gasteiger partial charge in [-0.1, -0.05) is 6.92 Å². The molecule has 0 aliphatic rings. The molecule has 0 unspecified atom stereocenters. The van der Waals surface area contributed by atoms with E-state index in [1.807, 2.05) is 43.3 Å². The molecule has 0 saturated carbocycles. The van der Waals surface area contributed by atoms with Gasteiger partial charge in [0.25, 0.3) is 0 Å². The molecule has 0 nitrogen and oxygen atoms in total. The number of rotatable bonds is 1. The standard InChI is InChI=1S/C13H10.Pd/c1-11-6-5-9-13(10-11)12-7-3-2-4-8-12;/h2-7,9H,1H3;/q-2;+2. The van der Waals surface area contributed by atoms with Crippen LogP contribution in [0, 0.1) is 19.1 Å². The second-order valence-corrected chi connectivity index (χ2v) is 3.02. The van der Waals surface area contributed by atoms with E-state index in [0.717, 1.165) is 16.7 Å². The molecule has 0 heterocycles. The predicted molar refractivity (Wildman–Crippen MR) is 54.3 cm³/mol. The van der Waals surface area contributed by atoms with Crippen molar-refractivity contribution in [2.45, 2.75) is 6.92 Å². The molecule has 2 aromatic carbocycles. The van der Waals surface area contributed by atoms with Crippen molar-refractivity contribution in [1.82, 2.24) is 0 Å². The maximum absolute atomic E-state index is 3.29. The third-order valence-corrected chi connectivity index (χ3v) is 1.94.